The quantitative estimate of drug-likeness (QED) is 0.171. The fraction of sp³-hybridized carbons (Fsp3) is 1.00. The van der Waals surface area contributed by atoms with Gasteiger partial charge in [-0.15, -0.1) is 0 Å². The summed E-state index contributed by atoms with van der Waals surface area (Å²) in [6.45, 7) is 25.5. The summed E-state index contributed by atoms with van der Waals surface area (Å²) in [5, 5.41) is 0. The standard InChI is InChI=1S/C24H53NO5P2/c1-12-22(26-14-3,27-15-4)31-20(10)19(9)24(25,30-18(7)8)21(11)32-23(13-2,28-16-5)29-17-6/h18-21,31-32H,12-17,25H2,1-11H3. The second kappa shape index (κ2) is 15.6. The molecule has 194 valence electrons. The SMILES string of the molecule is CCOC(CC)(OCC)PC(C)C(C)C(N)(OC(C)C)C(C)PC(CC)(OCC)OCC. The molecule has 32 heavy (non-hydrogen) atoms. The van der Waals surface area contributed by atoms with Crippen molar-refractivity contribution >= 4 is 17.2 Å². The molecule has 6 nitrogen and oxygen atoms in total. The lowest BCUT2D eigenvalue weighted by Crippen LogP contribution is -2.59. The average molecular weight is 498 g/mol. The van der Waals surface area contributed by atoms with Crippen LogP contribution in [0.4, 0.5) is 0 Å². The Hall–Kier alpha value is 0.620. The Bertz CT molecular complexity index is 485. The summed E-state index contributed by atoms with van der Waals surface area (Å²) >= 11 is 0. The summed E-state index contributed by atoms with van der Waals surface area (Å²) in [5.41, 5.74) is 5.42. The first kappa shape index (κ1) is 32.6. The van der Waals surface area contributed by atoms with E-state index in [-0.39, 0.29) is 23.3 Å². The minimum Gasteiger partial charge on any atom is -0.357 e. The number of hydrogen-bond acceptors (Lipinski definition) is 6. The fourth-order valence-corrected chi connectivity index (χ4v) is 7.85. The lowest BCUT2D eigenvalue weighted by atomic mass is 9.92. The van der Waals surface area contributed by atoms with E-state index in [1.165, 1.54) is 0 Å². The zero-order valence-corrected chi connectivity index (χ0v) is 24.7. The van der Waals surface area contributed by atoms with Gasteiger partial charge in [0.15, 0.2) is 11.1 Å². The summed E-state index contributed by atoms with van der Waals surface area (Å²) < 4.78 is 31.0. The van der Waals surface area contributed by atoms with Gasteiger partial charge in [0.05, 0.1) is 6.10 Å². The average Bonchev–Trinajstić information content (AvgIpc) is 2.72. The van der Waals surface area contributed by atoms with Crippen LogP contribution < -0.4 is 5.73 Å². The van der Waals surface area contributed by atoms with Crippen molar-refractivity contribution in [2.24, 2.45) is 11.7 Å². The molecule has 0 aromatic rings. The largest absolute Gasteiger partial charge is 0.357 e. The molecule has 0 rings (SSSR count). The van der Waals surface area contributed by atoms with Crippen LogP contribution in [0.5, 0.6) is 0 Å². The highest BCUT2D eigenvalue weighted by Gasteiger charge is 2.47. The van der Waals surface area contributed by atoms with Crippen LogP contribution in [0, 0.1) is 5.92 Å². The molecular formula is C24H53NO5P2. The lowest BCUT2D eigenvalue weighted by molar-refractivity contribution is -0.173. The van der Waals surface area contributed by atoms with E-state index in [9.17, 15) is 0 Å². The molecule has 0 saturated carbocycles. The van der Waals surface area contributed by atoms with Crippen LogP contribution in [-0.4, -0.2) is 60.6 Å². The summed E-state index contributed by atoms with van der Waals surface area (Å²) in [5.74, 6) is 0.0791. The topological polar surface area (TPSA) is 72.2 Å². The molecule has 0 aliphatic heterocycles. The minimum atomic E-state index is -0.828. The molecule has 0 aliphatic rings. The first-order chi connectivity index (χ1) is 14.9. The van der Waals surface area contributed by atoms with Crippen molar-refractivity contribution in [3.8, 4) is 0 Å². The zero-order valence-electron chi connectivity index (χ0n) is 22.7. The highest BCUT2D eigenvalue weighted by Crippen LogP contribution is 2.50. The first-order valence-electron chi connectivity index (χ1n) is 12.5. The maximum atomic E-state index is 7.15. The molecule has 0 aromatic heterocycles. The molecule has 0 radical (unpaired) electrons. The van der Waals surface area contributed by atoms with Crippen LogP contribution in [0.2, 0.25) is 0 Å². The molecule has 0 saturated heterocycles. The molecule has 0 heterocycles. The van der Waals surface area contributed by atoms with Crippen molar-refractivity contribution in [1.29, 1.82) is 0 Å². The van der Waals surface area contributed by atoms with Crippen LogP contribution in [0.15, 0.2) is 0 Å². The van der Waals surface area contributed by atoms with Crippen LogP contribution in [0.3, 0.4) is 0 Å². The van der Waals surface area contributed by atoms with Gasteiger partial charge < -0.3 is 29.4 Å². The maximum absolute atomic E-state index is 7.15. The number of rotatable bonds is 19. The highest BCUT2D eigenvalue weighted by atomic mass is 31.1. The van der Waals surface area contributed by atoms with E-state index < -0.39 is 16.8 Å². The predicted octanol–water partition coefficient (Wildman–Crippen LogP) is 6.11. The van der Waals surface area contributed by atoms with E-state index in [0.29, 0.717) is 43.6 Å². The van der Waals surface area contributed by atoms with Crippen LogP contribution in [-0.2, 0) is 23.7 Å². The summed E-state index contributed by atoms with van der Waals surface area (Å²) in [6, 6.07) is 0. The van der Waals surface area contributed by atoms with E-state index in [4.69, 9.17) is 29.4 Å². The van der Waals surface area contributed by atoms with Gasteiger partial charge >= 0.3 is 0 Å². The third kappa shape index (κ3) is 9.34. The molecule has 8 heteroatoms. The molecule has 0 amide bonds. The van der Waals surface area contributed by atoms with Crippen molar-refractivity contribution in [3.05, 3.63) is 0 Å². The number of hydrogen-bond donors (Lipinski definition) is 1. The highest BCUT2D eigenvalue weighted by molar-refractivity contribution is 7.41. The molecule has 6 unspecified atom stereocenters. The van der Waals surface area contributed by atoms with Crippen LogP contribution >= 0.6 is 17.2 Å². The summed E-state index contributed by atoms with van der Waals surface area (Å²) in [6.07, 6.45) is 1.59. The smallest absolute Gasteiger partial charge is 0.183 e. The van der Waals surface area contributed by atoms with Gasteiger partial charge in [-0.3, -0.25) is 0 Å². The van der Waals surface area contributed by atoms with Crippen molar-refractivity contribution in [3.63, 3.8) is 0 Å². The van der Waals surface area contributed by atoms with Crippen molar-refractivity contribution < 1.29 is 23.7 Å². The maximum Gasteiger partial charge on any atom is 0.183 e. The number of nitrogens with two attached hydrogens (primary N) is 1. The predicted molar refractivity (Wildman–Crippen MR) is 140 cm³/mol. The molecular weight excluding hydrogens is 444 g/mol. The van der Waals surface area contributed by atoms with E-state index >= 15 is 0 Å². The number of ether oxygens (including phenoxy) is 5. The second-order valence-electron chi connectivity index (χ2n) is 8.55. The molecule has 6 atom stereocenters. The van der Waals surface area contributed by atoms with E-state index in [2.05, 4.69) is 34.6 Å². The minimum absolute atomic E-state index is 0.00941. The van der Waals surface area contributed by atoms with Crippen molar-refractivity contribution in [2.75, 3.05) is 26.4 Å². The molecule has 0 bridgehead atoms. The van der Waals surface area contributed by atoms with Gasteiger partial charge in [-0.2, -0.15) is 0 Å². The Morgan fingerprint density at radius 3 is 1.34 bits per heavy atom. The summed E-state index contributed by atoms with van der Waals surface area (Å²) in [4.78, 5) is 0. The van der Waals surface area contributed by atoms with Crippen LogP contribution in [0.1, 0.15) is 89.0 Å². The lowest BCUT2D eigenvalue weighted by Gasteiger charge is -2.48. The van der Waals surface area contributed by atoms with Gasteiger partial charge in [0.1, 0.15) is 5.72 Å². The Labute approximate surface area is 202 Å². The van der Waals surface area contributed by atoms with Crippen molar-refractivity contribution in [1.82, 2.24) is 0 Å². The van der Waals surface area contributed by atoms with Crippen LogP contribution in [0.25, 0.3) is 0 Å². The van der Waals surface area contributed by atoms with E-state index in [0.717, 1.165) is 12.8 Å². The Balaban J connectivity index is 5.91. The van der Waals surface area contributed by atoms with E-state index in [1.807, 2.05) is 41.5 Å². The summed E-state index contributed by atoms with van der Waals surface area (Å²) in [7, 11) is 0.802. The first-order valence-corrected chi connectivity index (χ1v) is 14.7. The zero-order chi connectivity index (χ0) is 25.0. The third-order valence-electron chi connectivity index (χ3n) is 5.90. The Morgan fingerprint density at radius 2 is 1.03 bits per heavy atom. The monoisotopic (exact) mass is 497 g/mol. The Kier molecular flexibility index (Phi) is 15.9. The van der Waals surface area contributed by atoms with Gasteiger partial charge in [0, 0.05) is 50.8 Å². The molecule has 0 fully saturated rings. The van der Waals surface area contributed by atoms with Gasteiger partial charge in [-0.1, -0.05) is 51.8 Å². The van der Waals surface area contributed by atoms with Gasteiger partial charge in [0.25, 0.3) is 0 Å². The van der Waals surface area contributed by atoms with Crippen molar-refractivity contribution in [2.45, 2.75) is 123 Å². The molecule has 0 aliphatic carbocycles. The Morgan fingerprint density at radius 1 is 0.656 bits per heavy atom. The van der Waals surface area contributed by atoms with Gasteiger partial charge in [0.2, 0.25) is 0 Å². The molecule has 2 N–H and O–H groups in total. The van der Waals surface area contributed by atoms with E-state index in [1.54, 1.807) is 0 Å². The second-order valence-corrected chi connectivity index (χ2v) is 12.4. The third-order valence-corrected chi connectivity index (χ3v) is 9.91. The van der Waals surface area contributed by atoms with Gasteiger partial charge in [-0.25, -0.2) is 0 Å². The van der Waals surface area contributed by atoms with Gasteiger partial charge in [-0.05, 0) is 47.2 Å². The molecule has 0 aromatic carbocycles. The normalized spacial score (nSPS) is 18.7. The molecule has 0 spiro atoms. The fourth-order valence-electron chi connectivity index (χ4n) is 4.11.